The number of benzene rings is 1. The van der Waals surface area contributed by atoms with Crippen molar-refractivity contribution in [1.82, 2.24) is 0 Å². The Labute approximate surface area is 96.6 Å². The van der Waals surface area contributed by atoms with Crippen LogP contribution in [0.2, 0.25) is 0 Å². The lowest BCUT2D eigenvalue weighted by atomic mass is 9.79. The maximum Gasteiger partial charge on any atom is 0.313 e. The van der Waals surface area contributed by atoms with Gasteiger partial charge in [0.05, 0.1) is 5.92 Å². The number of carbonyl (C=O) groups excluding carboxylic acids is 1. The molecule has 1 aliphatic rings. The molecule has 0 saturated carbocycles. The van der Waals surface area contributed by atoms with Crippen LogP contribution in [0.15, 0.2) is 24.3 Å². The molecule has 1 atom stereocenters. The normalized spacial score (nSPS) is 20.2. The largest absolute Gasteiger partial charge is 0.460 e. The summed E-state index contributed by atoms with van der Waals surface area (Å²) in [5, 5.41) is 0. The van der Waals surface area contributed by atoms with Crippen molar-refractivity contribution in [3.63, 3.8) is 0 Å². The molecule has 86 valence electrons. The maximum atomic E-state index is 11.8. The highest BCUT2D eigenvalue weighted by molar-refractivity contribution is 5.80. The highest BCUT2D eigenvalue weighted by Gasteiger charge is 2.32. The molecule has 0 amide bonds. The van der Waals surface area contributed by atoms with Gasteiger partial charge in [-0.3, -0.25) is 4.79 Å². The molecule has 2 rings (SSSR count). The van der Waals surface area contributed by atoms with Crippen molar-refractivity contribution in [2.24, 2.45) is 5.41 Å². The van der Waals surface area contributed by atoms with Gasteiger partial charge in [-0.1, -0.05) is 45.0 Å². The molecule has 0 aliphatic carbocycles. The number of hydrogen-bond donors (Lipinski definition) is 0. The Kier molecular flexibility index (Phi) is 2.75. The Morgan fingerprint density at radius 2 is 2.00 bits per heavy atom. The summed E-state index contributed by atoms with van der Waals surface area (Å²) in [6, 6.07) is 8.07. The standard InChI is InChI=1S/C14H18O2/c1-14(2,3)8-12-11-7-5-4-6-10(11)9-16-13(12)15/h4-7,12H,8-9H2,1-3H3. The zero-order valence-corrected chi connectivity index (χ0v) is 10.1. The topological polar surface area (TPSA) is 26.3 Å². The molecule has 0 fully saturated rings. The van der Waals surface area contributed by atoms with Crippen LogP contribution < -0.4 is 0 Å². The summed E-state index contributed by atoms with van der Waals surface area (Å²) in [5.41, 5.74) is 2.43. The predicted molar refractivity (Wildman–Crippen MR) is 63.1 cm³/mol. The Balaban J connectivity index is 2.33. The van der Waals surface area contributed by atoms with E-state index in [4.69, 9.17) is 4.74 Å². The van der Waals surface area contributed by atoms with Crippen LogP contribution in [0.1, 0.15) is 44.2 Å². The third kappa shape index (κ3) is 2.26. The molecule has 2 nitrogen and oxygen atoms in total. The van der Waals surface area contributed by atoms with E-state index in [0.717, 1.165) is 17.5 Å². The van der Waals surface area contributed by atoms with Crippen molar-refractivity contribution in [2.75, 3.05) is 0 Å². The number of fused-ring (bicyclic) bond motifs is 1. The van der Waals surface area contributed by atoms with E-state index < -0.39 is 0 Å². The summed E-state index contributed by atoms with van der Waals surface area (Å²) in [4.78, 5) is 11.8. The minimum absolute atomic E-state index is 0.0753. The van der Waals surface area contributed by atoms with E-state index in [2.05, 4.69) is 20.8 Å². The molecule has 0 saturated heterocycles. The average Bonchev–Trinajstić information content (AvgIpc) is 2.21. The molecule has 0 radical (unpaired) electrons. The summed E-state index contributed by atoms with van der Waals surface area (Å²) in [6.45, 7) is 6.88. The van der Waals surface area contributed by atoms with E-state index in [1.54, 1.807) is 0 Å². The number of carbonyl (C=O) groups is 1. The fraction of sp³-hybridized carbons (Fsp3) is 0.500. The lowest BCUT2D eigenvalue weighted by Crippen LogP contribution is -2.26. The number of hydrogen-bond acceptors (Lipinski definition) is 2. The second kappa shape index (κ2) is 3.93. The molecular weight excluding hydrogens is 200 g/mol. The summed E-state index contributed by atoms with van der Waals surface area (Å²) >= 11 is 0. The van der Waals surface area contributed by atoms with E-state index in [9.17, 15) is 4.79 Å². The van der Waals surface area contributed by atoms with Crippen LogP contribution in [0.5, 0.6) is 0 Å². The molecule has 0 bridgehead atoms. The van der Waals surface area contributed by atoms with E-state index in [1.165, 1.54) is 0 Å². The molecule has 1 aromatic rings. The van der Waals surface area contributed by atoms with Gasteiger partial charge in [-0.15, -0.1) is 0 Å². The van der Waals surface area contributed by atoms with Crippen LogP contribution in [-0.2, 0) is 16.1 Å². The third-order valence-electron chi connectivity index (χ3n) is 2.90. The van der Waals surface area contributed by atoms with Gasteiger partial charge in [0.15, 0.2) is 0 Å². The van der Waals surface area contributed by atoms with Crippen molar-refractivity contribution >= 4 is 5.97 Å². The minimum atomic E-state index is -0.0926. The van der Waals surface area contributed by atoms with Crippen molar-refractivity contribution in [1.29, 1.82) is 0 Å². The van der Waals surface area contributed by atoms with Crippen molar-refractivity contribution in [2.45, 2.75) is 39.7 Å². The molecule has 0 aromatic heterocycles. The predicted octanol–water partition coefficient (Wildman–Crippen LogP) is 3.26. The SMILES string of the molecule is CC(C)(C)CC1C(=O)OCc2ccccc21. The van der Waals surface area contributed by atoms with Gasteiger partial charge in [0.1, 0.15) is 6.61 Å². The number of cyclic esters (lactones) is 1. The van der Waals surface area contributed by atoms with Crippen molar-refractivity contribution in [3.8, 4) is 0 Å². The number of ether oxygens (including phenoxy) is 1. The lowest BCUT2D eigenvalue weighted by molar-refractivity contribution is -0.149. The van der Waals surface area contributed by atoms with Crippen LogP contribution in [-0.4, -0.2) is 5.97 Å². The second-order valence-corrected chi connectivity index (χ2v) is 5.62. The monoisotopic (exact) mass is 218 g/mol. The quantitative estimate of drug-likeness (QED) is 0.676. The van der Waals surface area contributed by atoms with Gasteiger partial charge in [0.2, 0.25) is 0 Å². The van der Waals surface area contributed by atoms with Gasteiger partial charge in [-0.25, -0.2) is 0 Å². The number of rotatable bonds is 1. The summed E-state index contributed by atoms with van der Waals surface area (Å²) in [7, 11) is 0. The Bertz CT molecular complexity index is 401. The smallest absolute Gasteiger partial charge is 0.313 e. The zero-order valence-electron chi connectivity index (χ0n) is 10.1. The van der Waals surface area contributed by atoms with Gasteiger partial charge in [0.25, 0.3) is 0 Å². The summed E-state index contributed by atoms with van der Waals surface area (Å²) in [6.07, 6.45) is 0.836. The van der Waals surface area contributed by atoms with E-state index in [1.807, 2.05) is 24.3 Å². The molecule has 1 aromatic carbocycles. The molecular formula is C14H18O2. The lowest BCUT2D eigenvalue weighted by Gasteiger charge is -2.29. The Morgan fingerprint density at radius 3 is 2.69 bits per heavy atom. The first-order valence-corrected chi connectivity index (χ1v) is 5.72. The fourth-order valence-corrected chi connectivity index (χ4v) is 2.19. The molecule has 0 spiro atoms. The highest BCUT2D eigenvalue weighted by Crippen LogP contribution is 2.36. The van der Waals surface area contributed by atoms with Crippen LogP contribution >= 0.6 is 0 Å². The van der Waals surface area contributed by atoms with Crippen molar-refractivity contribution < 1.29 is 9.53 Å². The van der Waals surface area contributed by atoms with Gasteiger partial charge >= 0.3 is 5.97 Å². The Morgan fingerprint density at radius 1 is 1.31 bits per heavy atom. The molecule has 2 heteroatoms. The molecule has 1 aliphatic heterocycles. The summed E-state index contributed by atoms with van der Waals surface area (Å²) < 4.78 is 5.22. The molecule has 16 heavy (non-hydrogen) atoms. The second-order valence-electron chi connectivity index (χ2n) is 5.62. The van der Waals surface area contributed by atoms with E-state index in [-0.39, 0.29) is 17.3 Å². The van der Waals surface area contributed by atoms with Gasteiger partial charge < -0.3 is 4.74 Å². The minimum Gasteiger partial charge on any atom is -0.460 e. The first kappa shape index (κ1) is 11.2. The van der Waals surface area contributed by atoms with Crippen LogP contribution in [0.4, 0.5) is 0 Å². The average molecular weight is 218 g/mol. The third-order valence-corrected chi connectivity index (χ3v) is 2.90. The summed E-state index contributed by atoms with van der Waals surface area (Å²) in [5.74, 6) is -0.168. The van der Waals surface area contributed by atoms with Gasteiger partial charge in [0, 0.05) is 0 Å². The highest BCUT2D eigenvalue weighted by atomic mass is 16.5. The first-order valence-electron chi connectivity index (χ1n) is 5.72. The van der Waals surface area contributed by atoms with Crippen LogP contribution in [0, 0.1) is 5.41 Å². The molecule has 0 N–H and O–H groups in total. The fourth-order valence-electron chi connectivity index (χ4n) is 2.19. The van der Waals surface area contributed by atoms with Gasteiger partial charge in [-0.2, -0.15) is 0 Å². The Hall–Kier alpha value is -1.31. The molecule has 1 heterocycles. The van der Waals surface area contributed by atoms with Crippen LogP contribution in [0.3, 0.4) is 0 Å². The zero-order chi connectivity index (χ0) is 11.8. The van der Waals surface area contributed by atoms with Gasteiger partial charge in [-0.05, 0) is 23.0 Å². The van der Waals surface area contributed by atoms with E-state index in [0.29, 0.717) is 6.61 Å². The van der Waals surface area contributed by atoms with E-state index >= 15 is 0 Å². The van der Waals surface area contributed by atoms with Crippen LogP contribution in [0.25, 0.3) is 0 Å². The first-order chi connectivity index (χ1) is 7.47. The molecule has 1 unspecified atom stereocenters. The maximum absolute atomic E-state index is 11.8. The number of esters is 1. The van der Waals surface area contributed by atoms with Crippen molar-refractivity contribution in [3.05, 3.63) is 35.4 Å².